The molecule has 0 atom stereocenters. The Bertz CT molecular complexity index is 1090. The Hall–Kier alpha value is -2.36. The van der Waals surface area contributed by atoms with E-state index in [0.717, 1.165) is 49.4 Å². The molecule has 9 heteroatoms. The first-order valence-electron chi connectivity index (χ1n) is 8.18. The first-order chi connectivity index (χ1) is 13.3. The maximum atomic E-state index is 5.45. The normalized spacial score (nSPS) is 12.6. The predicted octanol–water partition coefficient (Wildman–Crippen LogP) is 4.69. The minimum Gasteiger partial charge on any atom is -0.454 e. The van der Waals surface area contributed by atoms with Gasteiger partial charge in [0.05, 0.1) is 10.6 Å². The quantitative estimate of drug-likeness (QED) is 0.442. The third-order valence-corrected chi connectivity index (χ3v) is 6.96. The van der Waals surface area contributed by atoms with E-state index in [2.05, 4.69) is 21.6 Å². The van der Waals surface area contributed by atoms with Gasteiger partial charge in [0, 0.05) is 23.7 Å². The molecule has 4 heterocycles. The lowest BCUT2D eigenvalue weighted by molar-refractivity contribution is 0.174. The smallest absolute Gasteiger partial charge is 0.231 e. The molecule has 1 aliphatic rings. The summed E-state index contributed by atoms with van der Waals surface area (Å²) < 4.78 is 12.8. The van der Waals surface area contributed by atoms with Crippen LogP contribution in [0.1, 0.15) is 5.69 Å². The zero-order valence-electron chi connectivity index (χ0n) is 14.3. The highest BCUT2D eigenvalue weighted by Crippen LogP contribution is 2.37. The number of rotatable bonds is 5. The zero-order chi connectivity index (χ0) is 18.2. The first-order valence-corrected chi connectivity index (χ1v) is 10.9. The Morgan fingerprint density at radius 2 is 2.07 bits per heavy atom. The minimum absolute atomic E-state index is 0.281. The number of thioether (sulfide) groups is 1. The number of benzene rings is 1. The van der Waals surface area contributed by atoms with Gasteiger partial charge in [-0.05, 0) is 29.6 Å². The van der Waals surface area contributed by atoms with E-state index in [0.29, 0.717) is 0 Å². The van der Waals surface area contributed by atoms with Crippen molar-refractivity contribution in [2.75, 3.05) is 6.79 Å². The van der Waals surface area contributed by atoms with Crippen LogP contribution in [0.5, 0.6) is 11.5 Å². The molecule has 0 amide bonds. The Morgan fingerprint density at radius 1 is 1.15 bits per heavy atom. The molecule has 0 N–H and O–H groups in total. The Morgan fingerprint density at radius 3 is 2.96 bits per heavy atom. The molecule has 5 rings (SSSR count). The minimum atomic E-state index is 0.281. The average Bonchev–Trinajstić information content (AvgIpc) is 3.46. The molecule has 4 aromatic rings. The van der Waals surface area contributed by atoms with Crippen LogP contribution in [-0.2, 0) is 12.8 Å². The van der Waals surface area contributed by atoms with E-state index in [1.807, 2.05) is 41.3 Å². The lowest BCUT2D eigenvalue weighted by Crippen LogP contribution is -1.94. The van der Waals surface area contributed by atoms with Gasteiger partial charge in [0.1, 0.15) is 5.01 Å². The van der Waals surface area contributed by atoms with Crippen molar-refractivity contribution in [3.05, 3.63) is 46.8 Å². The molecule has 136 valence electrons. The molecular weight excluding hydrogens is 400 g/mol. The summed E-state index contributed by atoms with van der Waals surface area (Å²) in [5, 5.41) is 14.6. The van der Waals surface area contributed by atoms with Crippen molar-refractivity contribution in [2.45, 2.75) is 10.9 Å². The second kappa shape index (κ2) is 6.99. The lowest BCUT2D eigenvalue weighted by Gasteiger charge is -2.01. The molecule has 0 bridgehead atoms. The summed E-state index contributed by atoms with van der Waals surface area (Å²) in [5.74, 6) is 3.21. The van der Waals surface area contributed by atoms with Gasteiger partial charge in [-0.25, -0.2) is 4.98 Å². The van der Waals surface area contributed by atoms with E-state index in [1.165, 1.54) is 0 Å². The van der Waals surface area contributed by atoms with Crippen molar-refractivity contribution in [1.82, 2.24) is 19.7 Å². The molecule has 3 aromatic heterocycles. The molecule has 0 fully saturated rings. The molecule has 0 radical (unpaired) electrons. The number of hydrogen-bond acceptors (Lipinski definition) is 8. The Balaban J connectivity index is 1.30. The van der Waals surface area contributed by atoms with Gasteiger partial charge in [0.2, 0.25) is 6.79 Å². The maximum Gasteiger partial charge on any atom is 0.231 e. The predicted molar refractivity (Wildman–Crippen MR) is 108 cm³/mol. The summed E-state index contributed by atoms with van der Waals surface area (Å²) in [5.41, 5.74) is 2.07. The highest BCUT2D eigenvalue weighted by molar-refractivity contribution is 7.98. The van der Waals surface area contributed by atoms with Gasteiger partial charge in [-0.3, -0.25) is 0 Å². The van der Waals surface area contributed by atoms with Crippen LogP contribution in [0.2, 0.25) is 0 Å². The lowest BCUT2D eigenvalue weighted by atomic mass is 10.2. The van der Waals surface area contributed by atoms with E-state index in [-0.39, 0.29) is 6.79 Å². The van der Waals surface area contributed by atoms with Crippen molar-refractivity contribution in [1.29, 1.82) is 0 Å². The molecule has 0 saturated carbocycles. The fourth-order valence-electron chi connectivity index (χ4n) is 2.73. The fraction of sp³-hybridized carbons (Fsp3) is 0.167. The van der Waals surface area contributed by atoms with Crippen molar-refractivity contribution in [3.63, 3.8) is 0 Å². The van der Waals surface area contributed by atoms with E-state index in [9.17, 15) is 0 Å². The highest BCUT2D eigenvalue weighted by atomic mass is 32.2. The van der Waals surface area contributed by atoms with Crippen LogP contribution in [0.25, 0.3) is 21.3 Å². The van der Waals surface area contributed by atoms with E-state index < -0.39 is 0 Å². The summed E-state index contributed by atoms with van der Waals surface area (Å²) in [6.07, 6.45) is 0. The van der Waals surface area contributed by atoms with Gasteiger partial charge >= 0.3 is 0 Å². The maximum absolute atomic E-state index is 5.45. The van der Waals surface area contributed by atoms with E-state index >= 15 is 0 Å². The number of aromatic nitrogens is 4. The van der Waals surface area contributed by atoms with Crippen LogP contribution >= 0.6 is 34.4 Å². The summed E-state index contributed by atoms with van der Waals surface area (Å²) in [7, 11) is 2.00. The number of ether oxygens (including phenoxy) is 2. The molecule has 1 aromatic carbocycles. The third kappa shape index (κ3) is 3.22. The monoisotopic (exact) mass is 414 g/mol. The largest absolute Gasteiger partial charge is 0.454 e. The van der Waals surface area contributed by atoms with Crippen LogP contribution < -0.4 is 9.47 Å². The molecule has 1 aliphatic heterocycles. The molecule has 0 unspecified atom stereocenters. The number of thiazole rings is 1. The number of hydrogen-bond donors (Lipinski definition) is 0. The molecule has 0 aliphatic carbocycles. The van der Waals surface area contributed by atoms with Gasteiger partial charge in [-0.15, -0.1) is 32.9 Å². The molecular formula is C18H14N4O2S3. The van der Waals surface area contributed by atoms with Crippen molar-refractivity contribution in [3.8, 4) is 32.8 Å². The van der Waals surface area contributed by atoms with Gasteiger partial charge in [-0.1, -0.05) is 17.8 Å². The number of nitrogens with zero attached hydrogens (tertiary/aromatic N) is 4. The van der Waals surface area contributed by atoms with E-state index in [4.69, 9.17) is 14.5 Å². The molecule has 0 saturated heterocycles. The Labute approximate surface area is 167 Å². The standard InChI is InChI=1S/C18H14N4O2S3/c1-22-16(15-3-2-6-25-15)20-21-18(22)27-9-12-8-26-17(19-12)11-4-5-13-14(7-11)24-10-23-13/h2-8H,9-10H2,1H3. The summed E-state index contributed by atoms with van der Waals surface area (Å²) in [4.78, 5) is 5.87. The average molecular weight is 415 g/mol. The van der Waals surface area contributed by atoms with Crippen LogP contribution in [0, 0.1) is 0 Å². The molecule has 6 nitrogen and oxygen atoms in total. The van der Waals surface area contributed by atoms with Crippen molar-refractivity contribution < 1.29 is 9.47 Å². The summed E-state index contributed by atoms with van der Waals surface area (Å²) >= 11 is 4.93. The highest BCUT2D eigenvalue weighted by Gasteiger charge is 2.16. The number of thiophene rings is 1. The van der Waals surface area contributed by atoms with Crippen molar-refractivity contribution in [2.24, 2.45) is 7.05 Å². The zero-order valence-corrected chi connectivity index (χ0v) is 16.7. The summed E-state index contributed by atoms with van der Waals surface area (Å²) in [6.45, 7) is 0.281. The summed E-state index contributed by atoms with van der Waals surface area (Å²) in [6, 6.07) is 10.0. The molecule has 27 heavy (non-hydrogen) atoms. The topological polar surface area (TPSA) is 62.1 Å². The second-order valence-corrected chi connectivity index (χ2v) is 8.59. The van der Waals surface area contributed by atoms with E-state index in [1.54, 1.807) is 34.4 Å². The van der Waals surface area contributed by atoms with Crippen LogP contribution in [0.3, 0.4) is 0 Å². The van der Waals surface area contributed by atoms with Gasteiger partial charge in [0.25, 0.3) is 0 Å². The van der Waals surface area contributed by atoms with Crippen LogP contribution in [-0.4, -0.2) is 26.5 Å². The number of fused-ring (bicyclic) bond motifs is 1. The Kier molecular flexibility index (Phi) is 4.35. The third-order valence-electron chi connectivity index (χ3n) is 4.10. The van der Waals surface area contributed by atoms with Crippen LogP contribution in [0.4, 0.5) is 0 Å². The first kappa shape index (κ1) is 16.8. The fourth-order valence-corrected chi connectivity index (χ4v) is 5.20. The van der Waals surface area contributed by atoms with Crippen molar-refractivity contribution >= 4 is 34.4 Å². The van der Waals surface area contributed by atoms with Gasteiger partial charge in [-0.2, -0.15) is 0 Å². The van der Waals surface area contributed by atoms with Gasteiger partial charge in [0.15, 0.2) is 22.5 Å². The second-order valence-electron chi connectivity index (χ2n) is 5.84. The van der Waals surface area contributed by atoms with Crippen LogP contribution in [0.15, 0.2) is 46.2 Å². The van der Waals surface area contributed by atoms with Gasteiger partial charge < -0.3 is 14.0 Å². The molecule has 0 spiro atoms. The SMILES string of the molecule is Cn1c(SCc2csc(-c3ccc4c(c3)OCO4)n2)nnc1-c1cccs1.